The van der Waals surface area contributed by atoms with Crippen molar-refractivity contribution in [2.75, 3.05) is 45.2 Å². The van der Waals surface area contributed by atoms with Crippen LogP contribution in [0.5, 0.6) is 0 Å². The Bertz CT molecular complexity index is 907. The number of carbonyl (C=O) groups is 1. The number of amides is 1. The number of pyridine rings is 1. The molecule has 6 nitrogen and oxygen atoms in total. The smallest absolute Gasteiger partial charge is 0.269 e. The molecule has 4 rings (SSSR count). The SMILES string of the molecule is CN(C)C(=O)c1ccc(CN2CCN(c3nccc4sccc34)CC2)[nH]1. The molecular weight excluding hydrogens is 346 g/mol. The Hall–Kier alpha value is -2.38. The fourth-order valence-corrected chi connectivity index (χ4v) is 4.17. The van der Waals surface area contributed by atoms with Crippen LogP contribution in [-0.4, -0.2) is 65.9 Å². The highest BCUT2D eigenvalue weighted by Gasteiger charge is 2.20. The first-order valence-corrected chi connectivity index (χ1v) is 9.69. The Labute approximate surface area is 157 Å². The van der Waals surface area contributed by atoms with E-state index in [1.807, 2.05) is 18.3 Å². The number of hydrogen-bond acceptors (Lipinski definition) is 5. The molecule has 7 heteroatoms. The molecule has 0 atom stereocenters. The maximum absolute atomic E-state index is 12.0. The number of anilines is 1. The lowest BCUT2D eigenvalue weighted by Crippen LogP contribution is -2.46. The van der Waals surface area contributed by atoms with Crippen molar-refractivity contribution < 1.29 is 4.79 Å². The minimum Gasteiger partial charge on any atom is -0.354 e. The van der Waals surface area contributed by atoms with Crippen LogP contribution in [0.25, 0.3) is 10.1 Å². The first-order valence-electron chi connectivity index (χ1n) is 8.81. The number of carbonyl (C=O) groups excluding carboxylic acids is 1. The van der Waals surface area contributed by atoms with Gasteiger partial charge >= 0.3 is 0 Å². The number of fused-ring (bicyclic) bond motifs is 1. The molecule has 0 spiro atoms. The summed E-state index contributed by atoms with van der Waals surface area (Å²) in [6.45, 7) is 4.74. The molecule has 0 radical (unpaired) electrons. The van der Waals surface area contributed by atoms with Crippen molar-refractivity contribution in [2.45, 2.75) is 6.54 Å². The van der Waals surface area contributed by atoms with Gasteiger partial charge in [-0.25, -0.2) is 4.98 Å². The molecule has 26 heavy (non-hydrogen) atoms. The van der Waals surface area contributed by atoms with Crippen molar-refractivity contribution in [3.05, 3.63) is 47.2 Å². The molecular formula is C19H23N5OS. The molecule has 1 saturated heterocycles. The molecule has 1 aliphatic rings. The first kappa shape index (κ1) is 17.1. The summed E-state index contributed by atoms with van der Waals surface area (Å²) < 4.78 is 1.29. The molecule has 0 aliphatic carbocycles. The third kappa shape index (κ3) is 3.32. The van der Waals surface area contributed by atoms with Crippen LogP contribution in [0, 0.1) is 0 Å². The van der Waals surface area contributed by atoms with Crippen molar-refractivity contribution >= 4 is 33.1 Å². The Kier molecular flexibility index (Phi) is 4.65. The van der Waals surface area contributed by atoms with Crippen molar-refractivity contribution in [1.29, 1.82) is 0 Å². The minimum absolute atomic E-state index is 0.0102. The molecule has 1 N–H and O–H groups in total. The van der Waals surface area contributed by atoms with E-state index < -0.39 is 0 Å². The van der Waals surface area contributed by atoms with Crippen LogP contribution in [0.1, 0.15) is 16.2 Å². The fraction of sp³-hybridized carbons (Fsp3) is 0.368. The molecule has 3 aromatic rings. The van der Waals surface area contributed by atoms with E-state index in [4.69, 9.17) is 0 Å². The van der Waals surface area contributed by atoms with Crippen LogP contribution >= 0.6 is 11.3 Å². The highest BCUT2D eigenvalue weighted by atomic mass is 32.1. The van der Waals surface area contributed by atoms with Crippen molar-refractivity contribution in [2.24, 2.45) is 0 Å². The summed E-state index contributed by atoms with van der Waals surface area (Å²) >= 11 is 1.76. The lowest BCUT2D eigenvalue weighted by molar-refractivity contribution is 0.0822. The van der Waals surface area contributed by atoms with Crippen LogP contribution in [0.15, 0.2) is 35.8 Å². The summed E-state index contributed by atoms with van der Waals surface area (Å²) in [7, 11) is 3.54. The summed E-state index contributed by atoms with van der Waals surface area (Å²) in [4.78, 5) is 26.3. The number of nitrogens with one attached hydrogen (secondary N) is 1. The zero-order valence-electron chi connectivity index (χ0n) is 15.1. The first-order chi connectivity index (χ1) is 12.6. The van der Waals surface area contributed by atoms with Gasteiger partial charge in [-0.2, -0.15) is 0 Å². The van der Waals surface area contributed by atoms with Gasteiger partial charge in [-0.1, -0.05) is 0 Å². The quantitative estimate of drug-likeness (QED) is 0.768. The van der Waals surface area contributed by atoms with Crippen LogP contribution in [0.4, 0.5) is 5.82 Å². The van der Waals surface area contributed by atoms with E-state index in [0.29, 0.717) is 5.69 Å². The molecule has 4 heterocycles. The number of nitrogens with zero attached hydrogens (tertiary/aromatic N) is 4. The number of thiophene rings is 1. The van der Waals surface area contributed by atoms with E-state index in [-0.39, 0.29) is 5.91 Å². The second kappa shape index (κ2) is 7.09. The van der Waals surface area contributed by atoms with E-state index in [0.717, 1.165) is 44.2 Å². The Balaban J connectivity index is 1.38. The summed E-state index contributed by atoms with van der Waals surface area (Å²) in [6.07, 6.45) is 1.91. The number of rotatable bonds is 4. The van der Waals surface area contributed by atoms with Crippen LogP contribution in [0.3, 0.4) is 0 Å². The number of aromatic amines is 1. The summed E-state index contributed by atoms with van der Waals surface area (Å²) in [5, 5.41) is 3.38. The van der Waals surface area contributed by atoms with Gasteiger partial charge in [0.2, 0.25) is 0 Å². The van der Waals surface area contributed by atoms with Gasteiger partial charge in [-0.3, -0.25) is 9.69 Å². The molecule has 136 valence electrons. The highest BCUT2D eigenvalue weighted by Crippen LogP contribution is 2.29. The predicted octanol–water partition coefficient (Wildman–Crippen LogP) is 2.65. The fourth-order valence-electron chi connectivity index (χ4n) is 3.39. The van der Waals surface area contributed by atoms with E-state index in [1.165, 1.54) is 10.1 Å². The van der Waals surface area contributed by atoms with Crippen LogP contribution in [0.2, 0.25) is 0 Å². The molecule has 3 aromatic heterocycles. The summed E-state index contributed by atoms with van der Waals surface area (Å²) in [5.74, 6) is 1.11. The average Bonchev–Trinajstić information content (AvgIpc) is 3.30. The van der Waals surface area contributed by atoms with Crippen molar-refractivity contribution in [1.82, 2.24) is 19.8 Å². The van der Waals surface area contributed by atoms with Gasteiger partial charge in [0.25, 0.3) is 5.91 Å². The number of H-pyrrole nitrogens is 1. The van der Waals surface area contributed by atoms with E-state index in [1.54, 1.807) is 30.3 Å². The maximum atomic E-state index is 12.0. The van der Waals surface area contributed by atoms with Gasteiger partial charge in [0.05, 0.1) is 0 Å². The number of hydrogen-bond donors (Lipinski definition) is 1. The molecule has 0 aromatic carbocycles. The minimum atomic E-state index is 0.0102. The Morgan fingerprint density at radius 1 is 1.19 bits per heavy atom. The molecule has 0 saturated carbocycles. The van der Waals surface area contributed by atoms with Gasteiger partial charge in [0.1, 0.15) is 11.5 Å². The lowest BCUT2D eigenvalue weighted by atomic mass is 10.2. The van der Waals surface area contributed by atoms with Crippen LogP contribution in [-0.2, 0) is 6.54 Å². The van der Waals surface area contributed by atoms with Crippen LogP contribution < -0.4 is 4.90 Å². The van der Waals surface area contributed by atoms with Crippen molar-refractivity contribution in [3.8, 4) is 0 Å². The molecule has 0 unspecified atom stereocenters. The zero-order valence-corrected chi connectivity index (χ0v) is 15.9. The molecule has 0 bridgehead atoms. The van der Waals surface area contributed by atoms with Gasteiger partial charge < -0.3 is 14.8 Å². The van der Waals surface area contributed by atoms with E-state index in [2.05, 4.69) is 37.3 Å². The third-order valence-corrected chi connectivity index (χ3v) is 5.69. The molecule has 1 aliphatic heterocycles. The van der Waals surface area contributed by atoms with Gasteiger partial charge in [-0.15, -0.1) is 11.3 Å². The molecule has 1 amide bonds. The second-order valence-electron chi connectivity index (χ2n) is 6.83. The summed E-state index contributed by atoms with van der Waals surface area (Å²) in [5.41, 5.74) is 1.73. The van der Waals surface area contributed by atoms with E-state index in [9.17, 15) is 4.79 Å². The van der Waals surface area contributed by atoms with Gasteiger partial charge in [0.15, 0.2) is 0 Å². The van der Waals surface area contributed by atoms with Gasteiger partial charge in [0, 0.05) is 68.8 Å². The van der Waals surface area contributed by atoms with Gasteiger partial charge in [-0.05, 0) is 29.6 Å². The van der Waals surface area contributed by atoms with Crippen molar-refractivity contribution in [3.63, 3.8) is 0 Å². The zero-order chi connectivity index (χ0) is 18.1. The molecule has 1 fully saturated rings. The predicted molar refractivity (Wildman–Crippen MR) is 106 cm³/mol. The summed E-state index contributed by atoms with van der Waals surface area (Å²) in [6, 6.07) is 8.13. The Morgan fingerprint density at radius 2 is 2.00 bits per heavy atom. The Morgan fingerprint density at radius 3 is 2.77 bits per heavy atom. The third-order valence-electron chi connectivity index (χ3n) is 4.81. The maximum Gasteiger partial charge on any atom is 0.269 e. The van der Waals surface area contributed by atoms with E-state index >= 15 is 0 Å². The average molecular weight is 369 g/mol. The largest absolute Gasteiger partial charge is 0.354 e. The standard InChI is InChI=1S/C19H23N5OS/c1-22(2)19(25)16-4-3-14(21-16)13-23-8-10-24(11-9-23)18-15-6-12-26-17(15)5-7-20-18/h3-7,12,21H,8-11,13H2,1-2H3. The highest BCUT2D eigenvalue weighted by molar-refractivity contribution is 7.17. The monoisotopic (exact) mass is 369 g/mol. The number of piperazine rings is 1. The normalized spacial score (nSPS) is 15.5. The topological polar surface area (TPSA) is 55.5 Å². The number of aromatic nitrogens is 2. The lowest BCUT2D eigenvalue weighted by Gasteiger charge is -2.35. The second-order valence-corrected chi connectivity index (χ2v) is 7.77.